The van der Waals surface area contributed by atoms with Gasteiger partial charge in [0.15, 0.2) is 5.76 Å². The zero-order chi connectivity index (χ0) is 15.7. The number of benzene rings is 2. The van der Waals surface area contributed by atoms with Crippen molar-refractivity contribution in [3.8, 4) is 11.5 Å². The molecular weight excluding hydrogens is 286 g/mol. The Hall–Kier alpha value is -3.15. The fraction of sp³-hybridized carbons (Fsp3) is 0.0625. The van der Waals surface area contributed by atoms with E-state index in [1.54, 1.807) is 36.4 Å². The van der Waals surface area contributed by atoms with Crippen molar-refractivity contribution in [2.24, 2.45) is 0 Å². The Kier molecular flexibility index (Phi) is 3.34. The van der Waals surface area contributed by atoms with Crippen molar-refractivity contribution in [1.82, 2.24) is 0 Å². The summed E-state index contributed by atoms with van der Waals surface area (Å²) in [5.74, 6) is 0.994. The maximum absolute atomic E-state index is 12.2. The van der Waals surface area contributed by atoms with Crippen molar-refractivity contribution in [2.75, 3.05) is 7.11 Å². The highest BCUT2D eigenvalue weighted by atomic mass is 16.6. The van der Waals surface area contributed by atoms with Crippen molar-refractivity contribution >= 4 is 17.5 Å². The van der Waals surface area contributed by atoms with Gasteiger partial charge in [0.05, 0.1) is 17.6 Å². The molecule has 0 radical (unpaired) electrons. The third-order valence-electron chi connectivity index (χ3n) is 3.28. The lowest BCUT2D eigenvalue weighted by Crippen LogP contribution is -1.98. The second kappa shape index (κ2) is 5.33. The molecular formula is C16H11NO5. The first kappa shape index (κ1) is 13.8. The molecule has 0 aliphatic carbocycles. The molecule has 0 spiro atoms. The number of fused-ring (bicyclic) bond motifs is 1. The van der Waals surface area contributed by atoms with Crippen molar-refractivity contribution in [2.45, 2.75) is 0 Å². The fourth-order valence-electron chi connectivity index (χ4n) is 2.14. The van der Waals surface area contributed by atoms with Crippen molar-refractivity contribution in [3.05, 3.63) is 69.5 Å². The Morgan fingerprint density at radius 3 is 2.55 bits per heavy atom. The number of ether oxygens (including phenoxy) is 2. The zero-order valence-corrected chi connectivity index (χ0v) is 11.6. The van der Waals surface area contributed by atoms with Crippen LogP contribution in [0, 0.1) is 10.1 Å². The maximum atomic E-state index is 12.2. The van der Waals surface area contributed by atoms with Crippen LogP contribution in [-0.4, -0.2) is 17.8 Å². The fourth-order valence-corrected chi connectivity index (χ4v) is 2.14. The molecule has 0 fully saturated rings. The third kappa shape index (κ3) is 2.42. The Labute approximate surface area is 125 Å². The van der Waals surface area contributed by atoms with E-state index in [9.17, 15) is 14.9 Å². The van der Waals surface area contributed by atoms with Crippen LogP contribution in [0.3, 0.4) is 0 Å². The summed E-state index contributed by atoms with van der Waals surface area (Å²) in [6.45, 7) is 0. The number of hydrogen-bond acceptors (Lipinski definition) is 5. The molecule has 0 atom stereocenters. The monoisotopic (exact) mass is 297 g/mol. The topological polar surface area (TPSA) is 78.7 Å². The number of hydrogen-bond donors (Lipinski definition) is 0. The SMILES string of the molecule is COc1ccc2c(c1)OC(=Cc1ccc([N+](=O)[O-])cc1)C2=O. The van der Waals surface area contributed by atoms with Gasteiger partial charge < -0.3 is 9.47 Å². The number of carbonyl (C=O) groups excluding carboxylic acids is 1. The van der Waals surface area contributed by atoms with Gasteiger partial charge in [0.2, 0.25) is 5.78 Å². The number of allylic oxidation sites excluding steroid dienone is 1. The Bertz CT molecular complexity index is 793. The molecule has 0 bridgehead atoms. The summed E-state index contributed by atoms with van der Waals surface area (Å²) >= 11 is 0. The standard InChI is InChI=1S/C16H11NO5/c1-21-12-6-7-13-14(9-12)22-15(16(13)18)8-10-2-4-11(5-3-10)17(19)20/h2-9H,1H3. The lowest BCUT2D eigenvalue weighted by molar-refractivity contribution is -0.384. The van der Waals surface area contributed by atoms with Gasteiger partial charge in [0, 0.05) is 18.2 Å². The van der Waals surface area contributed by atoms with Crippen LogP contribution in [0.2, 0.25) is 0 Å². The van der Waals surface area contributed by atoms with Crippen LogP contribution in [-0.2, 0) is 0 Å². The number of methoxy groups -OCH3 is 1. The largest absolute Gasteiger partial charge is 0.497 e. The van der Waals surface area contributed by atoms with E-state index in [-0.39, 0.29) is 17.2 Å². The van der Waals surface area contributed by atoms with Gasteiger partial charge in [-0.3, -0.25) is 14.9 Å². The molecule has 6 heteroatoms. The van der Waals surface area contributed by atoms with Gasteiger partial charge in [-0.15, -0.1) is 0 Å². The minimum atomic E-state index is -0.476. The summed E-state index contributed by atoms with van der Waals surface area (Å²) in [5.41, 5.74) is 1.11. The van der Waals surface area contributed by atoms with E-state index < -0.39 is 4.92 Å². The number of Topliss-reactive ketones (excluding diaryl/α,β-unsaturated/α-hetero) is 1. The lowest BCUT2D eigenvalue weighted by Gasteiger charge is -2.01. The van der Waals surface area contributed by atoms with Gasteiger partial charge in [0.25, 0.3) is 5.69 Å². The molecule has 1 aliphatic rings. The number of rotatable bonds is 3. The molecule has 0 unspecified atom stereocenters. The molecule has 1 heterocycles. The van der Waals surface area contributed by atoms with E-state index in [0.29, 0.717) is 22.6 Å². The average Bonchev–Trinajstić information content (AvgIpc) is 2.83. The normalized spacial score (nSPS) is 14.6. The van der Waals surface area contributed by atoms with E-state index in [2.05, 4.69) is 0 Å². The quantitative estimate of drug-likeness (QED) is 0.494. The van der Waals surface area contributed by atoms with Crippen LogP contribution < -0.4 is 9.47 Å². The number of ketones is 1. The van der Waals surface area contributed by atoms with E-state index in [1.165, 1.54) is 19.2 Å². The smallest absolute Gasteiger partial charge is 0.269 e. The summed E-state index contributed by atoms with van der Waals surface area (Å²) in [6, 6.07) is 10.9. The number of carbonyl (C=O) groups is 1. The minimum Gasteiger partial charge on any atom is -0.497 e. The summed E-state index contributed by atoms with van der Waals surface area (Å²) in [6.07, 6.45) is 1.55. The number of nitro benzene ring substituents is 1. The molecule has 2 aromatic rings. The Morgan fingerprint density at radius 2 is 1.91 bits per heavy atom. The van der Waals surface area contributed by atoms with Crippen LogP contribution in [0.25, 0.3) is 6.08 Å². The summed E-state index contributed by atoms with van der Waals surface area (Å²) in [7, 11) is 1.53. The van der Waals surface area contributed by atoms with E-state index in [0.717, 1.165) is 0 Å². The third-order valence-corrected chi connectivity index (χ3v) is 3.28. The van der Waals surface area contributed by atoms with Gasteiger partial charge in [-0.2, -0.15) is 0 Å². The Morgan fingerprint density at radius 1 is 1.18 bits per heavy atom. The number of nitrogens with zero attached hydrogens (tertiary/aromatic N) is 1. The van der Waals surface area contributed by atoms with Crippen LogP contribution in [0.1, 0.15) is 15.9 Å². The molecule has 0 saturated heterocycles. The van der Waals surface area contributed by atoms with E-state index in [4.69, 9.17) is 9.47 Å². The highest BCUT2D eigenvalue weighted by Gasteiger charge is 2.27. The lowest BCUT2D eigenvalue weighted by atomic mass is 10.1. The van der Waals surface area contributed by atoms with Crippen molar-refractivity contribution in [1.29, 1.82) is 0 Å². The molecule has 1 aliphatic heterocycles. The van der Waals surface area contributed by atoms with Crippen molar-refractivity contribution < 1.29 is 19.2 Å². The molecule has 6 nitrogen and oxygen atoms in total. The van der Waals surface area contributed by atoms with Gasteiger partial charge in [-0.1, -0.05) is 0 Å². The van der Waals surface area contributed by atoms with Crippen molar-refractivity contribution in [3.63, 3.8) is 0 Å². The van der Waals surface area contributed by atoms with Gasteiger partial charge in [-0.25, -0.2) is 0 Å². The Balaban J connectivity index is 1.90. The van der Waals surface area contributed by atoms with E-state index in [1.807, 2.05) is 0 Å². The predicted molar refractivity (Wildman–Crippen MR) is 79.0 cm³/mol. The molecule has 0 N–H and O–H groups in total. The first-order valence-corrected chi connectivity index (χ1v) is 6.45. The van der Waals surface area contributed by atoms with Crippen LogP contribution in [0.5, 0.6) is 11.5 Å². The first-order valence-electron chi connectivity index (χ1n) is 6.45. The molecule has 110 valence electrons. The first-order chi connectivity index (χ1) is 10.6. The molecule has 22 heavy (non-hydrogen) atoms. The van der Waals surface area contributed by atoms with Gasteiger partial charge in [0.1, 0.15) is 11.5 Å². The number of non-ortho nitro benzene ring substituents is 1. The molecule has 3 rings (SSSR count). The summed E-state index contributed by atoms with van der Waals surface area (Å²) in [4.78, 5) is 22.4. The predicted octanol–water partition coefficient (Wildman–Crippen LogP) is 3.22. The summed E-state index contributed by atoms with van der Waals surface area (Å²) < 4.78 is 10.6. The minimum absolute atomic E-state index is 0.00570. The molecule has 2 aromatic carbocycles. The second-order valence-electron chi connectivity index (χ2n) is 4.65. The van der Waals surface area contributed by atoms with Crippen LogP contribution in [0.15, 0.2) is 48.2 Å². The van der Waals surface area contributed by atoms with E-state index >= 15 is 0 Å². The number of nitro groups is 1. The molecule has 0 saturated carbocycles. The zero-order valence-electron chi connectivity index (χ0n) is 11.6. The second-order valence-corrected chi connectivity index (χ2v) is 4.65. The highest BCUT2D eigenvalue weighted by molar-refractivity contribution is 6.14. The van der Waals surface area contributed by atoms with Gasteiger partial charge >= 0.3 is 0 Å². The average molecular weight is 297 g/mol. The molecule has 0 aromatic heterocycles. The highest BCUT2D eigenvalue weighted by Crippen LogP contribution is 2.34. The maximum Gasteiger partial charge on any atom is 0.269 e. The van der Waals surface area contributed by atoms with Gasteiger partial charge in [-0.05, 0) is 35.9 Å². The van der Waals surface area contributed by atoms with Crippen LogP contribution in [0.4, 0.5) is 5.69 Å². The summed E-state index contributed by atoms with van der Waals surface area (Å²) in [5, 5.41) is 10.6. The van der Waals surface area contributed by atoms with Crippen LogP contribution >= 0.6 is 0 Å². The molecule has 0 amide bonds.